The Labute approximate surface area is 200 Å². The second kappa shape index (κ2) is 8.33. The van der Waals surface area contributed by atoms with Crippen LogP contribution in [-0.4, -0.2) is 58.4 Å². The molecule has 35 heavy (non-hydrogen) atoms. The third-order valence-corrected chi connectivity index (χ3v) is 6.63. The molecule has 2 fully saturated rings. The number of hydrogen-bond donors (Lipinski definition) is 2. The van der Waals surface area contributed by atoms with Crippen molar-refractivity contribution in [3.05, 3.63) is 47.5 Å². The molecule has 11 heteroatoms. The van der Waals surface area contributed by atoms with Gasteiger partial charge in [-0.2, -0.15) is 5.10 Å². The second-order valence-electron chi connectivity index (χ2n) is 9.12. The van der Waals surface area contributed by atoms with Crippen LogP contribution in [0.3, 0.4) is 0 Å². The van der Waals surface area contributed by atoms with Gasteiger partial charge in [-0.3, -0.25) is 10.1 Å². The van der Waals surface area contributed by atoms with Crippen molar-refractivity contribution < 1.29 is 23.5 Å². The minimum atomic E-state index is -0.927. The number of amides is 3. The molecule has 4 heterocycles. The van der Waals surface area contributed by atoms with Gasteiger partial charge in [-0.05, 0) is 49.1 Å². The van der Waals surface area contributed by atoms with Crippen LogP contribution in [0.15, 0.2) is 30.3 Å². The number of imide groups is 1. The van der Waals surface area contributed by atoms with Crippen molar-refractivity contribution >= 4 is 34.6 Å². The van der Waals surface area contributed by atoms with Gasteiger partial charge in [0.25, 0.3) is 5.91 Å². The highest BCUT2D eigenvalue weighted by Crippen LogP contribution is 2.37. The van der Waals surface area contributed by atoms with E-state index in [2.05, 4.69) is 20.5 Å². The molecule has 0 atom stereocenters. The first kappa shape index (κ1) is 22.8. The second-order valence-corrected chi connectivity index (χ2v) is 9.12. The number of anilines is 1. The van der Waals surface area contributed by atoms with Gasteiger partial charge in [0.2, 0.25) is 0 Å². The zero-order valence-corrected chi connectivity index (χ0v) is 19.6. The number of fused-ring (bicyclic) bond motifs is 1. The number of aromatic nitrogens is 3. The molecular formula is C24H25FN6O4. The van der Waals surface area contributed by atoms with Crippen LogP contribution in [0.4, 0.5) is 14.9 Å². The lowest BCUT2D eigenvalue weighted by atomic mass is 9.87. The van der Waals surface area contributed by atoms with Crippen LogP contribution in [0.1, 0.15) is 48.8 Å². The van der Waals surface area contributed by atoms with Gasteiger partial charge in [0.05, 0.1) is 29.6 Å². The van der Waals surface area contributed by atoms with Gasteiger partial charge < -0.3 is 15.0 Å². The standard InChI is InChI=1S/C24H25FN6O4/c1-13(2)19-18-17(30-10-8-24(9-11-30)22(33)27-23(34)28-24)12-16(21(32)35-3)26-20(18)31(29-19)15-6-4-14(25)5-7-15/h4-7,12-13H,8-11H2,1-3H3,(H2,27,28,33,34). The van der Waals surface area contributed by atoms with E-state index in [1.807, 2.05) is 13.8 Å². The fraction of sp³-hybridized carbons (Fsp3) is 0.375. The number of hydrogen-bond acceptors (Lipinski definition) is 7. The summed E-state index contributed by atoms with van der Waals surface area (Å²) in [5.74, 6) is -1.26. The van der Waals surface area contributed by atoms with Crippen molar-refractivity contribution in [1.82, 2.24) is 25.4 Å². The maximum atomic E-state index is 13.6. The molecule has 1 spiro atoms. The summed E-state index contributed by atoms with van der Waals surface area (Å²) in [5, 5.41) is 10.7. The molecule has 0 unspecified atom stereocenters. The van der Waals surface area contributed by atoms with Gasteiger partial charge in [-0.15, -0.1) is 0 Å². The molecule has 0 radical (unpaired) electrons. The summed E-state index contributed by atoms with van der Waals surface area (Å²) < 4.78 is 20.1. The Bertz CT molecular complexity index is 1340. The highest BCUT2D eigenvalue weighted by molar-refractivity contribution is 6.07. The van der Waals surface area contributed by atoms with Crippen molar-refractivity contribution in [1.29, 1.82) is 0 Å². The van der Waals surface area contributed by atoms with Gasteiger partial charge in [0.1, 0.15) is 11.4 Å². The molecule has 182 valence electrons. The zero-order valence-electron chi connectivity index (χ0n) is 19.6. The van der Waals surface area contributed by atoms with E-state index in [4.69, 9.17) is 9.84 Å². The van der Waals surface area contributed by atoms with E-state index in [0.717, 1.165) is 16.8 Å². The molecule has 5 rings (SSSR count). The summed E-state index contributed by atoms with van der Waals surface area (Å²) in [6.45, 7) is 4.95. The van der Waals surface area contributed by atoms with E-state index in [1.165, 1.54) is 19.2 Å². The van der Waals surface area contributed by atoms with E-state index in [-0.39, 0.29) is 23.3 Å². The number of esters is 1. The first-order chi connectivity index (χ1) is 16.7. The lowest BCUT2D eigenvalue weighted by molar-refractivity contribution is -0.124. The Morgan fingerprint density at radius 1 is 1.17 bits per heavy atom. The number of piperidine rings is 1. The summed E-state index contributed by atoms with van der Waals surface area (Å²) >= 11 is 0. The Balaban J connectivity index is 1.65. The number of halogens is 1. The van der Waals surface area contributed by atoms with Crippen LogP contribution in [0.2, 0.25) is 0 Å². The number of nitrogens with one attached hydrogen (secondary N) is 2. The molecule has 3 aromatic rings. The summed E-state index contributed by atoms with van der Waals surface area (Å²) in [7, 11) is 1.29. The minimum absolute atomic E-state index is 0.0276. The SMILES string of the molecule is COC(=O)c1cc(N2CCC3(CC2)NC(=O)NC3=O)c2c(C(C)C)nn(-c3ccc(F)cc3)c2n1. The summed E-state index contributed by atoms with van der Waals surface area (Å²) in [6.07, 6.45) is 0.816. The third-order valence-electron chi connectivity index (χ3n) is 6.63. The molecule has 2 aliphatic heterocycles. The number of methoxy groups -OCH3 is 1. The molecule has 3 amide bonds. The highest BCUT2D eigenvalue weighted by Gasteiger charge is 2.48. The first-order valence-corrected chi connectivity index (χ1v) is 11.4. The van der Waals surface area contributed by atoms with Crippen LogP contribution in [0.25, 0.3) is 16.7 Å². The fourth-order valence-electron chi connectivity index (χ4n) is 4.76. The van der Waals surface area contributed by atoms with Gasteiger partial charge >= 0.3 is 12.0 Å². The normalized spacial score (nSPS) is 17.2. The smallest absolute Gasteiger partial charge is 0.356 e. The number of benzene rings is 1. The van der Waals surface area contributed by atoms with Crippen molar-refractivity contribution in [2.45, 2.75) is 38.1 Å². The van der Waals surface area contributed by atoms with Gasteiger partial charge in [0, 0.05) is 13.1 Å². The third kappa shape index (κ3) is 3.76. The number of ether oxygens (including phenoxy) is 1. The predicted molar refractivity (Wildman–Crippen MR) is 125 cm³/mol. The molecule has 10 nitrogen and oxygen atoms in total. The molecule has 0 aliphatic carbocycles. The van der Waals surface area contributed by atoms with Crippen LogP contribution in [0, 0.1) is 5.82 Å². The van der Waals surface area contributed by atoms with Crippen molar-refractivity contribution in [2.75, 3.05) is 25.1 Å². The number of urea groups is 1. The van der Waals surface area contributed by atoms with Crippen LogP contribution in [0.5, 0.6) is 0 Å². The Morgan fingerprint density at radius 3 is 2.43 bits per heavy atom. The molecule has 2 aromatic heterocycles. The Kier molecular flexibility index (Phi) is 5.42. The lowest BCUT2D eigenvalue weighted by Crippen LogP contribution is -2.55. The minimum Gasteiger partial charge on any atom is -0.464 e. The number of pyridine rings is 1. The maximum absolute atomic E-state index is 13.6. The quantitative estimate of drug-likeness (QED) is 0.435. The van der Waals surface area contributed by atoms with E-state index < -0.39 is 17.5 Å². The first-order valence-electron chi connectivity index (χ1n) is 11.4. The highest BCUT2D eigenvalue weighted by atomic mass is 19.1. The molecule has 0 bridgehead atoms. The monoisotopic (exact) mass is 480 g/mol. The lowest BCUT2D eigenvalue weighted by Gasteiger charge is -2.38. The average molecular weight is 481 g/mol. The number of carbonyl (C=O) groups excluding carboxylic acids is 3. The average Bonchev–Trinajstić information content (AvgIpc) is 3.36. The van der Waals surface area contributed by atoms with E-state index in [9.17, 15) is 18.8 Å². The van der Waals surface area contributed by atoms with Crippen molar-refractivity contribution in [2.24, 2.45) is 0 Å². The molecular weight excluding hydrogens is 455 g/mol. The molecule has 2 aliphatic rings. The van der Waals surface area contributed by atoms with Crippen LogP contribution >= 0.6 is 0 Å². The van der Waals surface area contributed by atoms with E-state index >= 15 is 0 Å². The summed E-state index contributed by atoms with van der Waals surface area (Å²) in [6, 6.07) is 7.09. The van der Waals surface area contributed by atoms with Gasteiger partial charge in [-0.1, -0.05) is 13.8 Å². The van der Waals surface area contributed by atoms with Crippen LogP contribution < -0.4 is 15.5 Å². The number of nitrogens with zero attached hydrogens (tertiary/aromatic N) is 4. The molecule has 2 N–H and O–H groups in total. The largest absolute Gasteiger partial charge is 0.464 e. The van der Waals surface area contributed by atoms with Gasteiger partial charge in [0.15, 0.2) is 11.3 Å². The van der Waals surface area contributed by atoms with E-state index in [1.54, 1.807) is 22.9 Å². The van der Waals surface area contributed by atoms with Gasteiger partial charge in [-0.25, -0.2) is 23.6 Å². The Hall–Kier alpha value is -4.02. The number of rotatable bonds is 4. The summed E-state index contributed by atoms with van der Waals surface area (Å²) in [4.78, 5) is 43.3. The predicted octanol–water partition coefficient (Wildman–Crippen LogP) is 2.65. The van der Waals surface area contributed by atoms with E-state index in [0.29, 0.717) is 37.3 Å². The van der Waals surface area contributed by atoms with Crippen LogP contribution in [-0.2, 0) is 9.53 Å². The zero-order chi connectivity index (χ0) is 24.9. The fourth-order valence-corrected chi connectivity index (χ4v) is 4.76. The summed E-state index contributed by atoms with van der Waals surface area (Å²) in [5.41, 5.74) is 1.75. The van der Waals surface area contributed by atoms with Crippen molar-refractivity contribution in [3.63, 3.8) is 0 Å². The molecule has 2 saturated heterocycles. The molecule has 1 aromatic carbocycles. The topological polar surface area (TPSA) is 118 Å². The van der Waals surface area contributed by atoms with Crippen molar-refractivity contribution in [3.8, 4) is 5.69 Å². The number of carbonyl (C=O) groups is 3. The maximum Gasteiger partial charge on any atom is 0.356 e. The molecule has 0 saturated carbocycles. The Morgan fingerprint density at radius 2 is 1.86 bits per heavy atom.